The van der Waals surface area contributed by atoms with Gasteiger partial charge < -0.3 is 27.0 Å². The third-order valence-electron chi connectivity index (χ3n) is 7.42. The first-order valence-electron chi connectivity index (χ1n) is 12.3. The highest BCUT2D eigenvalue weighted by molar-refractivity contribution is 6.14. The molecule has 11 heteroatoms. The molecule has 7 nitrogen and oxygen atoms in total. The minimum absolute atomic E-state index is 0.0506. The summed E-state index contributed by atoms with van der Waals surface area (Å²) in [6, 6.07) is 0.853. The van der Waals surface area contributed by atoms with Crippen LogP contribution in [0.5, 0.6) is 0 Å². The van der Waals surface area contributed by atoms with Crippen LogP contribution in [0.4, 0.5) is 13.2 Å². The van der Waals surface area contributed by atoms with E-state index in [1.807, 2.05) is 0 Å². The second kappa shape index (κ2) is 11.0. The molecular formula is C25H37BF3N5O2. The van der Waals surface area contributed by atoms with Crippen molar-refractivity contribution >= 4 is 13.5 Å². The van der Waals surface area contributed by atoms with Crippen molar-refractivity contribution in [1.82, 2.24) is 9.88 Å². The lowest BCUT2D eigenvalue weighted by atomic mass is 9.70. The molecule has 4 unspecified atom stereocenters. The van der Waals surface area contributed by atoms with Gasteiger partial charge in [-0.25, -0.2) is 0 Å². The van der Waals surface area contributed by atoms with Gasteiger partial charge in [0, 0.05) is 43.4 Å². The first kappa shape index (κ1) is 28.3. The van der Waals surface area contributed by atoms with E-state index in [1.165, 1.54) is 31.4 Å². The number of aromatic nitrogens is 1. The van der Waals surface area contributed by atoms with E-state index in [0.717, 1.165) is 56.2 Å². The molecule has 4 rings (SSSR count). The fourth-order valence-electron chi connectivity index (χ4n) is 5.53. The minimum Gasteiger partial charge on any atom is -0.398 e. The highest BCUT2D eigenvalue weighted by Crippen LogP contribution is 2.43. The summed E-state index contributed by atoms with van der Waals surface area (Å²) >= 11 is 0. The number of aliphatic hydroxyl groups is 1. The molecule has 0 bridgehead atoms. The van der Waals surface area contributed by atoms with Crippen molar-refractivity contribution in [2.75, 3.05) is 19.7 Å². The van der Waals surface area contributed by atoms with E-state index in [4.69, 9.17) is 29.8 Å². The molecule has 2 saturated heterocycles. The van der Waals surface area contributed by atoms with E-state index in [-0.39, 0.29) is 28.6 Å². The Morgan fingerprint density at radius 1 is 1.17 bits per heavy atom. The fraction of sp³-hybridized carbons (Fsp3) is 0.640. The summed E-state index contributed by atoms with van der Waals surface area (Å²) in [5.41, 5.74) is 13.3. The number of allylic oxidation sites excluding steroid dienone is 2. The predicted octanol–water partition coefficient (Wildman–Crippen LogP) is 2.90. The molecule has 2 aliphatic heterocycles. The van der Waals surface area contributed by atoms with Crippen molar-refractivity contribution in [2.45, 2.75) is 63.4 Å². The van der Waals surface area contributed by atoms with Gasteiger partial charge in [-0.05, 0) is 75.5 Å². The molecule has 7 N–H and O–H groups in total. The van der Waals surface area contributed by atoms with Crippen LogP contribution in [0, 0.1) is 17.8 Å². The number of likely N-dealkylation sites (tertiary alicyclic amines) is 1. The summed E-state index contributed by atoms with van der Waals surface area (Å²) < 4.78 is 43.6. The summed E-state index contributed by atoms with van der Waals surface area (Å²) in [6.45, 7) is 6.85. The van der Waals surface area contributed by atoms with Crippen LogP contribution in [-0.2, 0) is 10.9 Å². The van der Waals surface area contributed by atoms with Gasteiger partial charge in [0.1, 0.15) is 7.85 Å². The van der Waals surface area contributed by atoms with E-state index in [0.29, 0.717) is 6.61 Å². The van der Waals surface area contributed by atoms with Crippen LogP contribution in [0.25, 0.3) is 5.70 Å². The molecular weight excluding hydrogens is 470 g/mol. The summed E-state index contributed by atoms with van der Waals surface area (Å²) in [4.78, 5) is 5.75. The number of hydrogen-bond donors (Lipinski definition) is 4. The molecule has 2 radical (unpaired) electrons. The summed E-state index contributed by atoms with van der Waals surface area (Å²) in [5, 5.41) is 10.9. The number of alkyl halides is 3. The molecule has 36 heavy (non-hydrogen) atoms. The maximum absolute atomic E-state index is 12.6. The molecule has 0 aromatic carbocycles. The Kier molecular flexibility index (Phi) is 8.68. The Hall–Kier alpha value is -2.24. The van der Waals surface area contributed by atoms with Gasteiger partial charge in [0.05, 0.1) is 22.6 Å². The molecule has 0 amide bonds. The number of rotatable bonds is 4. The van der Waals surface area contributed by atoms with E-state index in [2.05, 4.69) is 23.7 Å². The molecule has 198 valence electrons. The van der Waals surface area contributed by atoms with Gasteiger partial charge in [-0.15, -0.1) is 0 Å². The van der Waals surface area contributed by atoms with E-state index < -0.39 is 17.4 Å². The first-order chi connectivity index (χ1) is 16.7. The van der Waals surface area contributed by atoms with E-state index in [1.54, 1.807) is 0 Å². The number of nitrogens with two attached hydrogens (primary N) is 3. The van der Waals surface area contributed by atoms with Gasteiger partial charge in [-0.3, -0.25) is 9.88 Å². The average Bonchev–Trinajstić information content (AvgIpc) is 3.40. The van der Waals surface area contributed by atoms with Crippen LogP contribution in [0.3, 0.4) is 0 Å². The predicted molar refractivity (Wildman–Crippen MR) is 134 cm³/mol. The Labute approximate surface area is 212 Å². The van der Waals surface area contributed by atoms with Crippen molar-refractivity contribution in [3.05, 3.63) is 47.6 Å². The van der Waals surface area contributed by atoms with Crippen molar-refractivity contribution in [3.8, 4) is 0 Å². The molecule has 3 fully saturated rings. The van der Waals surface area contributed by atoms with Crippen molar-refractivity contribution in [1.29, 1.82) is 0 Å². The number of nitrogens with zero attached hydrogens (tertiary/aromatic N) is 2. The minimum atomic E-state index is -4.49. The van der Waals surface area contributed by atoms with Crippen molar-refractivity contribution in [3.63, 3.8) is 0 Å². The van der Waals surface area contributed by atoms with Gasteiger partial charge in [-0.2, -0.15) is 13.2 Å². The van der Waals surface area contributed by atoms with Crippen LogP contribution < -0.4 is 17.2 Å². The first-order valence-corrected chi connectivity index (χ1v) is 12.3. The molecule has 1 saturated carbocycles. The number of fused-ring (bicyclic) bond motifs is 1. The number of hydrogen-bond acceptors (Lipinski definition) is 7. The van der Waals surface area contributed by atoms with Gasteiger partial charge in [-0.1, -0.05) is 6.42 Å². The highest BCUT2D eigenvalue weighted by Gasteiger charge is 2.47. The maximum atomic E-state index is 12.6. The van der Waals surface area contributed by atoms with Gasteiger partial charge >= 0.3 is 6.18 Å². The highest BCUT2D eigenvalue weighted by atomic mass is 19.4. The number of ether oxygens (including phenoxy) is 1. The lowest BCUT2D eigenvalue weighted by Gasteiger charge is -2.47. The second-order valence-corrected chi connectivity index (χ2v) is 10.6. The molecule has 1 aromatic rings. The van der Waals surface area contributed by atoms with Crippen LogP contribution in [-0.4, -0.2) is 53.8 Å². The number of halogens is 3. The molecule has 3 heterocycles. The van der Waals surface area contributed by atoms with Crippen LogP contribution in [0.2, 0.25) is 0 Å². The number of pyridine rings is 1. The smallest absolute Gasteiger partial charge is 0.398 e. The maximum Gasteiger partial charge on any atom is 0.417 e. The zero-order valence-corrected chi connectivity index (χ0v) is 21.0. The Morgan fingerprint density at radius 3 is 2.36 bits per heavy atom. The van der Waals surface area contributed by atoms with Gasteiger partial charge in [0.25, 0.3) is 0 Å². The summed E-state index contributed by atoms with van der Waals surface area (Å²) in [6.07, 6.45) is 5.69. The standard InChI is InChI=1S/C15H26BNO2.C10H11F3N4/c1-14(2)8-13(6-7-19-14)15(16,18)17-9-11-4-3-5-12(11)10-17;11-10(12,13)7-3-4-17-5-6(7)8(14)1-2-9(15)16/h11-13,18H,3-10H2,1-2H3;1-5H,14-16H2/b;8-1-. The van der Waals surface area contributed by atoms with Crippen LogP contribution in [0.15, 0.2) is 36.4 Å². The van der Waals surface area contributed by atoms with Gasteiger partial charge in [0.15, 0.2) is 0 Å². The summed E-state index contributed by atoms with van der Waals surface area (Å²) in [5.74, 6) is 1.60. The zero-order valence-electron chi connectivity index (χ0n) is 21.0. The third kappa shape index (κ3) is 6.95. The lowest BCUT2D eigenvalue weighted by Crippen LogP contribution is -2.57. The molecule has 0 spiro atoms. The quantitative estimate of drug-likeness (QED) is 0.365. The average molecular weight is 507 g/mol. The molecule has 1 aromatic heterocycles. The lowest BCUT2D eigenvalue weighted by molar-refractivity contribution is -0.146. The zero-order chi connectivity index (χ0) is 26.7. The SMILES string of the molecule is NC(N)=C/C=C(\N)c1cnccc1C(F)(F)F.[B]C(O)(C1CCOC(C)(C)C1)N1CC2CCCC2C1. The van der Waals surface area contributed by atoms with Crippen molar-refractivity contribution < 1.29 is 23.0 Å². The normalized spacial score (nSPS) is 27.9. The van der Waals surface area contributed by atoms with E-state index >= 15 is 0 Å². The van der Waals surface area contributed by atoms with Crippen molar-refractivity contribution in [2.24, 2.45) is 35.0 Å². The van der Waals surface area contributed by atoms with Gasteiger partial charge in [0.2, 0.25) is 0 Å². The molecule has 3 aliphatic rings. The fourth-order valence-corrected chi connectivity index (χ4v) is 5.53. The Bertz CT molecular complexity index is 951. The molecule has 1 aliphatic carbocycles. The van der Waals surface area contributed by atoms with E-state index in [9.17, 15) is 18.3 Å². The largest absolute Gasteiger partial charge is 0.417 e. The Balaban J connectivity index is 0.000000202. The van der Waals surface area contributed by atoms with Crippen LogP contribution in [0.1, 0.15) is 57.1 Å². The summed E-state index contributed by atoms with van der Waals surface area (Å²) in [7, 11) is 6.35. The third-order valence-corrected chi connectivity index (χ3v) is 7.42. The Morgan fingerprint density at radius 2 is 1.81 bits per heavy atom. The van der Waals surface area contributed by atoms with Crippen LogP contribution >= 0.6 is 0 Å². The molecule has 4 atom stereocenters. The second-order valence-electron chi connectivity index (χ2n) is 10.6. The topological polar surface area (TPSA) is 124 Å². The monoisotopic (exact) mass is 507 g/mol.